The smallest absolute Gasteiger partial charge is 0.140 e. The third-order valence-electron chi connectivity index (χ3n) is 2.40. The van der Waals surface area contributed by atoms with Crippen LogP contribution >= 0.6 is 15.9 Å². The van der Waals surface area contributed by atoms with E-state index in [0.717, 1.165) is 36.3 Å². The molecule has 1 heterocycles. The van der Waals surface area contributed by atoms with Crippen LogP contribution in [-0.4, -0.2) is 31.3 Å². The number of piperazine rings is 1. The number of rotatable bonds is 1. The van der Waals surface area contributed by atoms with Gasteiger partial charge in [-0.3, -0.25) is 0 Å². The van der Waals surface area contributed by atoms with Gasteiger partial charge in [-0.25, -0.2) is 0 Å². The van der Waals surface area contributed by atoms with E-state index >= 15 is 0 Å². The van der Waals surface area contributed by atoms with Crippen LogP contribution in [0, 0.1) is 0 Å². The number of halogens is 1. The lowest BCUT2D eigenvalue weighted by atomic mass is 10.2. The zero-order valence-corrected chi connectivity index (χ0v) is 9.42. The lowest BCUT2D eigenvalue weighted by Crippen LogP contribution is -2.43. The lowest BCUT2D eigenvalue weighted by molar-refractivity contribution is 0.470. The van der Waals surface area contributed by atoms with Crippen molar-refractivity contribution in [2.45, 2.75) is 0 Å². The molecule has 0 aromatic heterocycles. The maximum atomic E-state index is 9.75. The van der Waals surface area contributed by atoms with Crippen molar-refractivity contribution in [1.82, 2.24) is 5.32 Å². The Bertz CT molecular complexity index is 304. The van der Waals surface area contributed by atoms with Crippen molar-refractivity contribution >= 4 is 21.6 Å². The Kier molecular flexibility index (Phi) is 2.93. The molecule has 1 aliphatic heterocycles. The predicted molar refractivity (Wildman–Crippen MR) is 60.9 cm³/mol. The van der Waals surface area contributed by atoms with E-state index in [2.05, 4.69) is 26.1 Å². The maximum absolute atomic E-state index is 9.75. The molecule has 76 valence electrons. The molecule has 3 nitrogen and oxygen atoms in total. The topological polar surface area (TPSA) is 35.5 Å². The number of nitrogens with zero attached hydrogens (tertiary/aromatic N) is 1. The van der Waals surface area contributed by atoms with Crippen LogP contribution in [0.1, 0.15) is 0 Å². The quantitative estimate of drug-likeness (QED) is 0.801. The van der Waals surface area contributed by atoms with E-state index in [1.807, 2.05) is 12.1 Å². The monoisotopic (exact) mass is 256 g/mol. The summed E-state index contributed by atoms with van der Waals surface area (Å²) in [7, 11) is 0. The fraction of sp³-hybridized carbons (Fsp3) is 0.400. The largest absolute Gasteiger partial charge is 0.506 e. The Balaban J connectivity index is 2.29. The molecule has 2 N–H and O–H groups in total. The highest BCUT2D eigenvalue weighted by molar-refractivity contribution is 9.10. The average Bonchev–Trinajstić information content (AvgIpc) is 2.19. The van der Waals surface area contributed by atoms with Crippen molar-refractivity contribution in [3.05, 3.63) is 22.7 Å². The standard InChI is InChI=1S/C10H13BrN2O/c11-8-2-1-3-9(14)10(8)13-6-4-12-5-7-13/h1-3,12,14H,4-7H2. The van der Waals surface area contributed by atoms with Gasteiger partial charge in [0.2, 0.25) is 0 Å². The summed E-state index contributed by atoms with van der Waals surface area (Å²) in [5, 5.41) is 13.0. The molecular weight excluding hydrogens is 244 g/mol. The molecule has 14 heavy (non-hydrogen) atoms. The number of hydrogen-bond acceptors (Lipinski definition) is 3. The molecule has 0 unspecified atom stereocenters. The van der Waals surface area contributed by atoms with Gasteiger partial charge in [-0.1, -0.05) is 6.07 Å². The van der Waals surface area contributed by atoms with Crippen LogP contribution in [0.25, 0.3) is 0 Å². The number of nitrogens with one attached hydrogen (secondary N) is 1. The van der Waals surface area contributed by atoms with Crippen molar-refractivity contribution in [2.24, 2.45) is 0 Å². The number of benzene rings is 1. The van der Waals surface area contributed by atoms with Gasteiger partial charge in [0.05, 0.1) is 5.69 Å². The first-order valence-electron chi connectivity index (χ1n) is 4.72. The molecule has 0 amide bonds. The van der Waals surface area contributed by atoms with Crippen LogP contribution in [0.4, 0.5) is 5.69 Å². The Morgan fingerprint density at radius 3 is 2.64 bits per heavy atom. The van der Waals surface area contributed by atoms with E-state index < -0.39 is 0 Å². The van der Waals surface area contributed by atoms with Gasteiger partial charge in [0.1, 0.15) is 5.75 Å². The summed E-state index contributed by atoms with van der Waals surface area (Å²) in [6, 6.07) is 5.52. The highest BCUT2D eigenvalue weighted by Crippen LogP contribution is 2.34. The third-order valence-corrected chi connectivity index (χ3v) is 3.04. The van der Waals surface area contributed by atoms with E-state index in [0.29, 0.717) is 5.75 Å². The van der Waals surface area contributed by atoms with Crippen molar-refractivity contribution in [2.75, 3.05) is 31.1 Å². The molecule has 4 heteroatoms. The van der Waals surface area contributed by atoms with Gasteiger partial charge >= 0.3 is 0 Å². The van der Waals surface area contributed by atoms with E-state index in [9.17, 15) is 5.11 Å². The van der Waals surface area contributed by atoms with Crippen LogP contribution in [0.3, 0.4) is 0 Å². The van der Waals surface area contributed by atoms with Gasteiger partial charge in [-0.15, -0.1) is 0 Å². The number of phenolic OH excluding ortho intramolecular Hbond substituents is 1. The highest BCUT2D eigenvalue weighted by atomic mass is 79.9. The molecule has 0 spiro atoms. The lowest BCUT2D eigenvalue weighted by Gasteiger charge is -2.30. The summed E-state index contributed by atoms with van der Waals surface area (Å²) >= 11 is 3.46. The van der Waals surface area contributed by atoms with Gasteiger partial charge in [-0.2, -0.15) is 0 Å². The fourth-order valence-corrected chi connectivity index (χ4v) is 2.31. The Hall–Kier alpha value is -0.740. The molecular formula is C10H13BrN2O. The zero-order valence-electron chi connectivity index (χ0n) is 7.83. The highest BCUT2D eigenvalue weighted by Gasteiger charge is 2.16. The van der Waals surface area contributed by atoms with E-state index in [4.69, 9.17) is 0 Å². The molecule has 1 saturated heterocycles. The van der Waals surface area contributed by atoms with E-state index in [1.165, 1.54) is 0 Å². The van der Waals surface area contributed by atoms with Crippen LogP contribution in [0.5, 0.6) is 5.75 Å². The van der Waals surface area contributed by atoms with Gasteiger partial charge in [0.15, 0.2) is 0 Å². The first-order chi connectivity index (χ1) is 6.79. The Morgan fingerprint density at radius 1 is 1.29 bits per heavy atom. The first kappa shape index (κ1) is 9.80. The van der Waals surface area contributed by atoms with Crippen molar-refractivity contribution < 1.29 is 5.11 Å². The minimum atomic E-state index is 0.348. The average molecular weight is 257 g/mol. The molecule has 0 saturated carbocycles. The summed E-state index contributed by atoms with van der Waals surface area (Å²) in [5.41, 5.74) is 0.911. The van der Waals surface area contributed by atoms with E-state index in [-0.39, 0.29) is 0 Å². The molecule has 0 bridgehead atoms. The van der Waals surface area contributed by atoms with Crippen molar-refractivity contribution in [3.8, 4) is 5.75 Å². The number of phenols is 1. The maximum Gasteiger partial charge on any atom is 0.140 e. The van der Waals surface area contributed by atoms with Gasteiger partial charge < -0.3 is 15.3 Å². The molecule has 1 aromatic rings. The number of aromatic hydroxyl groups is 1. The van der Waals surface area contributed by atoms with Crippen LogP contribution in [0.15, 0.2) is 22.7 Å². The minimum absolute atomic E-state index is 0.348. The normalized spacial score (nSPS) is 17.1. The summed E-state index contributed by atoms with van der Waals surface area (Å²) < 4.78 is 0.958. The van der Waals surface area contributed by atoms with Crippen molar-refractivity contribution in [3.63, 3.8) is 0 Å². The number of anilines is 1. The molecule has 1 fully saturated rings. The van der Waals surface area contributed by atoms with Crippen LogP contribution in [0.2, 0.25) is 0 Å². The summed E-state index contributed by atoms with van der Waals surface area (Å²) in [4.78, 5) is 2.19. The second kappa shape index (κ2) is 4.19. The molecule has 1 aromatic carbocycles. The summed E-state index contributed by atoms with van der Waals surface area (Å²) in [6.07, 6.45) is 0. The summed E-state index contributed by atoms with van der Waals surface area (Å²) in [5.74, 6) is 0.348. The number of para-hydroxylation sites is 1. The van der Waals surface area contributed by atoms with Crippen molar-refractivity contribution in [1.29, 1.82) is 0 Å². The Morgan fingerprint density at radius 2 is 2.00 bits per heavy atom. The molecule has 0 aliphatic carbocycles. The van der Waals surface area contributed by atoms with Crippen LogP contribution < -0.4 is 10.2 Å². The van der Waals surface area contributed by atoms with Gasteiger partial charge in [0, 0.05) is 30.7 Å². The SMILES string of the molecule is Oc1cccc(Br)c1N1CCNCC1. The second-order valence-corrected chi connectivity index (χ2v) is 4.20. The molecule has 0 radical (unpaired) electrons. The van der Waals surface area contributed by atoms with E-state index in [1.54, 1.807) is 6.07 Å². The minimum Gasteiger partial charge on any atom is -0.506 e. The molecule has 0 atom stereocenters. The third kappa shape index (κ3) is 1.86. The fourth-order valence-electron chi connectivity index (χ4n) is 1.71. The predicted octanol–water partition coefficient (Wildman–Crippen LogP) is 1.56. The van der Waals surface area contributed by atoms with Crippen LogP contribution in [-0.2, 0) is 0 Å². The van der Waals surface area contributed by atoms with Gasteiger partial charge in [-0.05, 0) is 28.1 Å². The second-order valence-electron chi connectivity index (χ2n) is 3.34. The first-order valence-corrected chi connectivity index (χ1v) is 5.51. The zero-order chi connectivity index (χ0) is 9.97. The molecule has 2 rings (SSSR count). The molecule has 1 aliphatic rings. The Labute approximate surface area is 91.9 Å². The number of hydrogen-bond donors (Lipinski definition) is 2. The summed E-state index contributed by atoms with van der Waals surface area (Å²) in [6.45, 7) is 3.83. The van der Waals surface area contributed by atoms with Gasteiger partial charge in [0.25, 0.3) is 0 Å².